The minimum atomic E-state index is -0.840. The van der Waals surface area contributed by atoms with Crippen molar-refractivity contribution < 1.29 is 14.7 Å². The lowest BCUT2D eigenvalue weighted by Crippen LogP contribution is -2.51. The van der Waals surface area contributed by atoms with E-state index in [1.54, 1.807) is 0 Å². The van der Waals surface area contributed by atoms with Gasteiger partial charge in [-0.25, -0.2) is 4.79 Å². The third kappa shape index (κ3) is 2.94. The molecule has 0 aromatic rings. The predicted octanol–water partition coefficient (Wildman–Crippen LogP) is 1.82. The first-order chi connectivity index (χ1) is 8.40. The average molecular weight is 254 g/mol. The number of urea groups is 1. The highest BCUT2D eigenvalue weighted by Crippen LogP contribution is 2.35. The Labute approximate surface area is 108 Å². The number of nitrogens with zero attached hydrogens (tertiary/aromatic N) is 1. The van der Waals surface area contributed by atoms with E-state index in [0.717, 1.165) is 32.2 Å². The number of carbonyl (C=O) groups excluding carboxylic acids is 1. The lowest BCUT2D eigenvalue weighted by molar-refractivity contribution is -0.137. The van der Waals surface area contributed by atoms with Gasteiger partial charge in [-0.3, -0.25) is 4.79 Å². The molecule has 5 nitrogen and oxygen atoms in total. The molecule has 1 aliphatic heterocycles. The molecular formula is C13H22N2O3. The van der Waals surface area contributed by atoms with Crippen LogP contribution >= 0.6 is 0 Å². The van der Waals surface area contributed by atoms with E-state index in [9.17, 15) is 9.59 Å². The second-order valence-corrected chi connectivity index (χ2v) is 6.06. The second kappa shape index (κ2) is 4.78. The van der Waals surface area contributed by atoms with E-state index in [1.165, 1.54) is 0 Å². The van der Waals surface area contributed by atoms with Crippen molar-refractivity contribution in [3.63, 3.8) is 0 Å². The van der Waals surface area contributed by atoms with E-state index in [2.05, 4.69) is 19.2 Å². The molecule has 0 aromatic heterocycles. The average Bonchev–Trinajstić information content (AvgIpc) is 3.01. The van der Waals surface area contributed by atoms with Crippen LogP contribution < -0.4 is 5.32 Å². The van der Waals surface area contributed by atoms with Crippen LogP contribution in [-0.2, 0) is 4.79 Å². The third-order valence-corrected chi connectivity index (χ3v) is 4.04. The van der Waals surface area contributed by atoms with E-state index in [4.69, 9.17) is 5.11 Å². The van der Waals surface area contributed by atoms with Crippen LogP contribution in [0.5, 0.6) is 0 Å². The zero-order valence-corrected chi connectivity index (χ0v) is 11.1. The largest absolute Gasteiger partial charge is 0.481 e. The summed E-state index contributed by atoms with van der Waals surface area (Å²) >= 11 is 0. The Balaban J connectivity index is 1.94. The van der Waals surface area contributed by atoms with Gasteiger partial charge in [-0.2, -0.15) is 0 Å². The number of amides is 2. The van der Waals surface area contributed by atoms with Crippen LogP contribution in [0.15, 0.2) is 0 Å². The molecule has 2 amide bonds. The van der Waals surface area contributed by atoms with Gasteiger partial charge in [0.2, 0.25) is 0 Å². The number of carbonyl (C=O) groups is 2. The summed E-state index contributed by atoms with van der Waals surface area (Å²) in [6.45, 7) is 4.88. The van der Waals surface area contributed by atoms with Crippen LogP contribution in [0.3, 0.4) is 0 Å². The van der Waals surface area contributed by atoms with E-state index in [1.807, 2.05) is 4.90 Å². The molecule has 0 bridgehead atoms. The zero-order valence-electron chi connectivity index (χ0n) is 11.1. The molecule has 2 N–H and O–H groups in total. The van der Waals surface area contributed by atoms with E-state index in [0.29, 0.717) is 5.92 Å². The van der Waals surface area contributed by atoms with Gasteiger partial charge in [-0.05, 0) is 45.4 Å². The number of hydrogen-bond donors (Lipinski definition) is 2. The summed E-state index contributed by atoms with van der Waals surface area (Å²) in [4.78, 5) is 24.9. The van der Waals surface area contributed by atoms with Crippen LogP contribution in [0.1, 0.15) is 46.0 Å². The number of nitrogens with one attached hydrogen (secondary N) is 1. The highest BCUT2D eigenvalue weighted by Gasteiger charge is 2.39. The molecule has 1 unspecified atom stereocenters. The number of carboxylic acid groups (broad SMARTS) is 1. The molecule has 1 heterocycles. The van der Waals surface area contributed by atoms with Crippen molar-refractivity contribution in [2.45, 2.75) is 57.5 Å². The normalized spacial score (nSPS) is 23.8. The minimum Gasteiger partial charge on any atom is -0.481 e. The van der Waals surface area contributed by atoms with Crippen molar-refractivity contribution in [2.75, 3.05) is 6.54 Å². The van der Waals surface area contributed by atoms with E-state index < -0.39 is 5.97 Å². The van der Waals surface area contributed by atoms with Crippen LogP contribution in [0.2, 0.25) is 0 Å². The number of likely N-dealkylation sites (tertiary alicyclic amines) is 1. The maximum atomic E-state index is 12.2. The SMILES string of the molecule is CC1(C)CCCN1C(=O)NC(CC(=O)O)C1CC1. The first-order valence-corrected chi connectivity index (χ1v) is 6.70. The molecule has 0 aromatic carbocycles. The van der Waals surface area contributed by atoms with Gasteiger partial charge >= 0.3 is 12.0 Å². The van der Waals surface area contributed by atoms with Crippen LogP contribution in [0.4, 0.5) is 4.79 Å². The molecule has 0 radical (unpaired) electrons. The molecule has 2 fully saturated rings. The highest BCUT2D eigenvalue weighted by atomic mass is 16.4. The Morgan fingerprint density at radius 2 is 2.11 bits per heavy atom. The number of aliphatic carboxylic acids is 1. The van der Waals surface area contributed by atoms with Crippen molar-refractivity contribution in [1.29, 1.82) is 0 Å². The Morgan fingerprint density at radius 3 is 2.56 bits per heavy atom. The number of carboxylic acids is 1. The molecule has 5 heteroatoms. The molecule has 1 atom stereocenters. The van der Waals surface area contributed by atoms with Crippen molar-refractivity contribution in [3.05, 3.63) is 0 Å². The molecule has 0 spiro atoms. The fourth-order valence-electron chi connectivity index (χ4n) is 2.74. The maximum Gasteiger partial charge on any atom is 0.318 e. The monoisotopic (exact) mass is 254 g/mol. The molecule has 1 saturated heterocycles. The highest BCUT2D eigenvalue weighted by molar-refractivity contribution is 5.77. The third-order valence-electron chi connectivity index (χ3n) is 4.04. The number of rotatable bonds is 4. The van der Waals surface area contributed by atoms with Gasteiger partial charge in [0, 0.05) is 18.1 Å². The van der Waals surface area contributed by atoms with Crippen molar-refractivity contribution in [2.24, 2.45) is 5.92 Å². The van der Waals surface area contributed by atoms with Gasteiger partial charge in [0.05, 0.1) is 6.42 Å². The first kappa shape index (κ1) is 13.2. The molecule has 1 saturated carbocycles. The summed E-state index contributed by atoms with van der Waals surface area (Å²) in [7, 11) is 0. The molecular weight excluding hydrogens is 232 g/mol. The number of hydrogen-bond acceptors (Lipinski definition) is 2. The summed E-state index contributed by atoms with van der Waals surface area (Å²) in [5.74, 6) is -0.483. The first-order valence-electron chi connectivity index (χ1n) is 6.70. The molecule has 18 heavy (non-hydrogen) atoms. The van der Waals surface area contributed by atoms with Crippen LogP contribution in [0.25, 0.3) is 0 Å². The predicted molar refractivity (Wildman–Crippen MR) is 67.3 cm³/mol. The fourth-order valence-corrected chi connectivity index (χ4v) is 2.74. The van der Waals surface area contributed by atoms with Gasteiger partial charge in [-0.15, -0.1) is 0 Å². The molecule has 102 valence electrons. The minimum absolute atomic E-state index is 0.0324. The van der Waals surface area contributed by atoms with Gasteiger partial charge in [-0.1, -0.05) is 0 Å². The lowest BCUT2D eigenvalue weighted by Gasteiger charge is -2.33. The quantitative estimate of drug-likeness (QED) is 0.804. The summed E-state index contributed by atoms with van der Waals surface area (Å²) in [5, 5.41) is 11.8. The van der Waals surface area contributed by atoms with E-state index in [-0.39, 0.29) is 24.0 Å². The smallest absolute Gasteiger partial charge is 0.318 e. The molecule has 2 rings (SSSR count). The topological polar surface area (TPSA) is 69.6 Å². The van der Waals surface area contributed by atoms with Crippen LogP contribution in [-0.4, -0.2) is 40.1 Å². The fraction of sp³-hybridized carbons (Fsp3) is 0.846. The summed E-state index contributed by atoms with van der Waals surface area (Å²) in [6.07, 6.45) is 4.12. The van der Waals surface area contributed by atoms with Crippen molar-refractivity contribution in [3.8, 4) is 0 Å². The summed E-state index contributed by atoms with van der Waals surface area (Å²) in [5.41, 5.74) is -0.110. The van der Waals surface area contributed by atoms with Crippen LogP contribution in [0, 0.1) is 5.92 Å². The molecule has 1 aliphatic carbocycles. The Hall–Kier alpha value is -1.26. The van der Waals surface area contributed by atoms with Crippen molar-refractivity contribution >= 4 is 12.0 Å². The Bertz CT molecular complexity index is 350. The maximum absolute atomic E-state index is 12.2. The van der Waals surface area contributed by atoms with Gasteiger partial charge in [0.25, 0.3) is 0 Å². The Morgan fingerprint density at radius 1 is 1.44 bits per heavy atom. The lowest BCUT2D eigenvalue weighted by atomic mass is 10.0. The van der Waals surface area contributed by atoms with Gasteiger partial charge in [0.1, 0.15) is 0 Å². The van der Waals surface area contributed by atoms with E-state index >= 15 is 0 Å². The summed E-state index contributed by atoms with van der Waals surface area (Å²) < 4.78 is 0. The standard InChI is InChI=1S/C13H22N2O3/c1-13(2)6-3-7-15(13)12(18)14-10(8-11(16)17)9-4-5-9/h9-10H,3-8H2,1-2H3,(H,14,18)(H,16,17). The molecule has 2 aliphatic rings. The van der Waals surface area contributed by atoms with Crippen molar-refractivity contribution in [1.82, 2.24) is 10.2 Å². The zero-order chi connectivity index (χ0) is 13.3. The van der Waals surface area contributed by atoms with Gasteiger partial charge in [0.15, 0.2) is 0 Å². The Kier molecular flexibility index (Phi) is 3.50. The van der Waals surface area contributed by atoms with Gasteiger partial charge < -0.3 is 15.3 Å². The second-order valence-electron chi connectivity index (χ2n) is 6.06. The summed E-state index contributed by atoms with van der Waals surface area (Å²) in [6, 6.07) is -0.304.